The zero-order valence-electron chi connectivity index (χ0n) is 12.5. The van der Waals surface area contributed by atoms with Crippen LogP contribution in [0.15, 0.2) is 0 Å². The monoisotopic (exact) mass is 297 g/mol. The van der Waals surface area contributed by atoms with Crippen LogP contribution < -0.4 is 10.6 Å². The Morgan fingerprint density at radius 2 is 1.90 bits per heavy atom. The highest BCUT2D eigenvalue weighted by Gasteiger charge is 2.46. The number of rotatable bonds is 5. The standard InChI is InChI=1S/C14H23N3O4/c1-14(12(19)20)7-3-4-10(14)16-13(21)17(2)8-11(18)15-9-5-6-9/h9-10H,3-8H2,1-2H3,(H,15,18)(H,16,21)(H,19,20). The van der Waals surface area contributed by atoms with Crippen LogP contribution in [0.1, 0.15) is 39.0 Å². The summed E-state index contributed by atoms with van der Waals surface area (Å²) in [6.45, 7) is 1.64. The van der Waals surface area contributed by atoms with E-state index in [0.29, 0.717) is 12.8 Å². The number of nitrogens with zero attached hydrogens (tertiary/aromatic N) is 1. The molecule has 0 aromatic rings. The van der Waals surface area contributed by atoms with Gasteiger partial charge in [0.15, 0.2) is 0 Å². The first kappa shape index (κ1) is 15.6. The van der Waals surface area contributed by atoms with Crippen molar-refractivity contribution >= 4 is 17.9 Å². The number of likely N-dealkylation sites (N-methyl/N-ethyl adjacent to an activating group) is 1. The number of amides is 3. The van der Waals surface area contributed by atoms with Gasteiger partial charge in [-0.25, -0.2) is 4.79 Å². The van der Waals surface area contributed by atoms with Gasteiger partial charge in [0.1, 0.15) is 6.54 Å². The number of nitrogens with one attached hydrogen (secondary N) is 2. The first-order valence-corrected chi connectivity index (χ1v) is 7.37. The highest BCUT2D eigenvalue weighted by atomic mass is 16.4. The summed E-state index contributed by atoms with van der Waals surface area (Å²) in [5.74, 6) is -1.07. The van der Waals surface area contributed by atoms with Crippen LogP contribution in [0, 0.1) is 5.41 Å². The van der Waals surface area contributed by atoms with E-state index in [-0.39, 0.29) is 18.5 Å². The predicted octanol–water partition coefficient (Wildman–Crippen LogP) is 0.550. The van der Waals surface area contributed by atoms with Gasteiger partial charge in [-0.15, -0.1) is 0 Å². The van der Waals surface area contributed by atoms with Crippen molar-refractivity contribution in [2.24, 2.45) is 5.41 Å². The molecule has 2 aliphatic carbocycles. The lowest BCUT2D eigenvalue weighted by Gasteiger charge is -2.29. The molecule has 7 heteroatoms. The number of urea groups is 1. The Kier molecular flexibility index (Phi) is 4.39. The van der Waals surface area contributed by atoms with E-state index < -0.39 is 23.5 Å². The summed E-state index contributed by atoms with van der Waals surface area (Å²) >= 11 is 0. The topological polar surface area (TPSA) is 98.7 Å². The van der Waals surface area contributed by atoms with E-state index in [9.17, 15) is 19.5 Å². The molecule has 2 fully saturated rings. The number of carboxylic acids is 1. The number of hydrogen-bond acceptors (Lipinski definition) is 3. The van der Waals surface area contributed by atoms with Crippen LogP contribution in [0.25, 0.3) is 0 Å². The third-order valence-electron chi connectivity index (χ3n) is 4.41. The molecule has 0 bridgehead atoms. The lowest BCUT2D eigenvalue weighted by Crippen LogP contribution is -2.52. The molecule has 0 aromatic heterocycles. The van der Waals surface area contributed by atoms with Crippen molar-refractivity contribution in [1.82, 2.24) is 15.5 Å². The lowest BCUT2D eigenvalue weighted by molar-refractivity contribution is -0.148. The van der Waals surface area contributed by atoms with Crippen molar-refractivity contribution in [2.45, 2.75) is 51.1 Å². The normalized spacial score (nSPS) is 28.0. The average molecular weight is 297 g/mol. The van der Waals surface area contributed by atoms with Crippen LogP contribution in [0.5, 0.6) is 0 Å². The number of aliphatic carboxylic acids is 1. The predicted molar refractivity (Wildman–Crippen MR) is 75.7 cm³/mol. The second-order valence-electron chi connectivity index (χ2n) is 6.31. The minimum absolute atomic E-state index is 0.0150. The maximum atomic E-state index is 12.1. The van der Waals surface area contributed by atoms with E-state index in [2.05, 4.69) is 10.6 Å². The summed E-state index contributed by atoms with van der Waals surface area (Å²) in [6.07, 6.45) is 3.98. The van der Waals surface area contributed by atoms with Crippen LogP contribution in [-0.2, 0) is 9.59 Å². The summed E-state index contributed by atoms with van der Waals surface area (Å²) in [7, 11) is 1.54. The first-order chi connectivity index (χ1) is 9.83. The van der Waals surface area contributed by atoms with Gasteiger partial charge in [-0.05, 0) is 32.6 Å². The largest absolute Gasteiger partial charge is 0.481 e. The molecular weight excluding hydrogens is 274 g/mol. The van der Waals surface area contributed by atoms with Crippen molar-refractivity contribution in [1.29, 1.82) is 0 Å². The van der Waals surface area contributed by atoms with Crippen LogP contribution in [0.2, 0.25) is 0 Å². The minimum Gasteiger partial charge on any atom is -0.481 e. The quantitative estimate of drug-likeness (QED) is 0.690. The molecule has 0 heterocycles. The molecule has 0 radical (unpaired) electrons. The van der Waals surface area contributed by atoms with Crippen molar-refractivity contribution in [3.8, 4) is 0 Å². The van der Waals surface area contributed by atoms with E-state index >= 15 is 0 Å². The van der Waals surface area contributed by atoms with Crippen LogP contribution >= 0.6 is 0 Å². The molecule has 0 aromatic carbocycles. The van der Waals surface area contributed by atoms with E-state index in [1.807, 2.05) is 0 Å². The Morgan fingerprint density at radius 1 is 1.24 bits per heavy atom. The van der Waals surface area contributed by atoms with Gasteiger partial charge in [-0.2, -0.15) is 0 Å². The van der Waals surface area contributed by atoms with Gasteiger partial charge in [0.05, 0.1) is 5.41 Å². The molecule has 21 heavy (non-hydrogen) atoms. The Balaban J connectivity index is 1.84. The molecule has 2 atom stereocenters. The number of hydrogen-bond donors (Lipinski definition) is 3. The molecular formula is C14H23N3O4. The van der Waals surface area contributed by atoms with Gasteiger partial charge in [0.2, 0.25) is 5.91 Å². The maximum absolute atomic E-state index is 12.1. The summed E-state index contributed by atoms with van der Waals surface area (Å²) in [6, 6.07) is -0.532. The summed E-state index contributed by atoms with van der Waals surface area (Å²) in [4.78, 5) is 36.4. The Bertz CT molecular complexity index is 450. The highest BCUT2D eigenvalue weighted by Crippen LogP contribution is 2.38. The van der Waals surface area contributed by atoms with Crippen LogP contribution in [-0.4, -0.2) is 53.6 Å². The van der Waals surface area contributed by atoms with E-state index in [1.54, 1.807) is 6.92 Å². The Hall–Kier alpha value is -1.79. The van der Waals surface area contributed by atoms with E-state index in [4.69, 9.17) is 0 Å². The molecule has 0 spiro atoms. The van der Waals surface area contributed by atoms with Crippen LogP contribution in [0.3, 0.4) is 0 Å². The van der Waals surface area contributed by atoms with Crippen molar-refractivity contribution < 1.29 is 19.5 Å². The van der Waals surface area contributed by atoms with Crippen molar-refractivity contribution in [3.63, 3.8) is 0 Å². The fourth-order valence-electron chi connectivity index (χ4n) is 2.70. The van der Waals surface area contributed by atoms with Gasteiger partial charge >= 0.3 is 12.0 Å². The lowest BCUT2D eigenvalue weighted by atomic mass is 9.85. The molecule has 3 amide bonds. The van der Waals surface area contributed by atoms with Crippen LogP contribution in [0.4, 0.5) is 4.79 Å². The second kappa shape index (κ2) is 5.91. The summed E-state index contributed by atoms with van der Waals surface area (Å²) < 4.78 is 0. The fraction of sp³-hybridized carbons (Fsp3) is 0.786. The summed E-state index contributed by atoms with van der Waals surface area (Å²) in [5.41, 5.74) is -0.924. The SMILES string of the molecule is CN(CC(=O)NC1CC1)C(=O)NC1CCCC1(C)C(=O)O. The smallest absolute Gasteiger partial charge is 0.317 e. The third kappa shape index (κ3) is 3.65. The molecule has 118 valence electrons. The zero-order valence-corrected chi connectivity index (χ0v) is 12.5. The molecule has 2 aliphatic rings. The molecule has 2 unspecified atom stereocenters. The third-order valence-corrected chi connectivity index (χ3v) is 4.41. The zero-order chi connectivity index (χ0) is 15.6. The molecule has 7 nitrogen and oxygen atoms in total. The first-order valence-electron chi connectivity index (χ1n) is 7.37. The van der Waals surface area contributed by atoms with Gasteiger partial charge in [0, 0.05) is 19.1 Å². The van der Waals surface area contributed by atoms with Crippen molar-refractivity contribution in [2.75, 3.05) is 13.6 Å². The molecule has 2 rings (SSSR count). The van der Waals surface area contributed by atoms with Crippen molar-refractivity contribution in [3.05, 3.63) is 0 Å². The highest BCUT2D eigenvalue weighted by molar-refractivity contribution is 5.85. The maximum Gasteiger partial charge on any atom is 0.317 e. The van der Waals surface area contributed by atoms with E-state index in [1.165, 1.54) is 11.9 Å². The van der Waals surface area contributed by atoms with Gasteiger partial charge < -0.3 is 20.6 Å². The molecule has 0 aliphatic heterocycles. The average Bonchev–Trinajstić information content (AvgIpc) is 3.12. The van der Waals surface area contributed by atoms with Gasteiger partial charge in [-0.1, -0.05) is 6.42 Å². The minimum atomic E-state index is -0.924. The second-order valence-corrected chi connectivity index (χ2v) is 6.31. The molecule has 3 N–H and O–H groups in total. The Morgan fingerprint density at radius 3 is 2.48 bits per heavy atom. The summed E-state index contributed by atoms with van der Waals surface area (Å²) in [5, 5.41) is 14.9. The van der Waals surface area contributed by atoms with Gasteiger partial charge in [0.25, 0.3) is 0 Å². The van der Waals surface area contributed by atoms with Gasteiger partial charge in [-0.3, -0.25) is 9.59 Å². The molecule has 0 saturated heterocycles. The Labute approximate surface area is 124 Å². The number of carbonyl (C=O) groups excluding carboxylic acids is 2. The van der Waals surface area contributed by atoms with E-state index in [0.717, 1.165) is 19.3 Å². The number of carboxylic acid groups (broad SMARTS) is 1. The fourth-order valence-corrected chi connectivity index (χ4v) is 2.70. The molecule has 2 saturated carbocycles. The number of carbonyl (C=O) groups is 3.